The van der Waals surface area contributed by atoms with Crippen LogP contribution in [0.3, 0.4) is 0 Å². The average molecular weight is 1310 g/mol. The molecular weight excluding hydrogens is 1170 g/mol. The van der Waals surface area contributed by atoms with Gasteiger partial charge in [0.1, 0.15) is 19.3 Å². The Morgan fingerprint density at radius 3 is 0.764 bits per heavy atom. The van der Waals surface area contributed by atoms with E-state index in [0.717, 1.165) is 108 Å². The maximum absolute atomic E-state index is 13.0. The van der Waals surface area contributed by atoms with Crippen LogP contribution in [0.5, 0.6) is 0 Å². The third-order valence-electron chi connectivity index (χ3n) is 16.2. The Morgan fingerprint density at radius 2 is 0.517 bits per heavy atom. The molecule has 0 rings (SSSR count). The van der Waals surface area contributed by atoms with Gasteiger partial charge in [-0.25, -0.2) is 9.13 Å². The molecule has 0 radical (unpaired) electrons. The Balaban J connectivity index is 5.23. The van der Waals surface area contributed by atoms with E-state index in [1.54, 1.807) is 0 Å². The van der Waals surface area contributed by atoms with Crippen molar-refractivity contribution in [3.05, 3.63) is 0 Å². The summed E-state index contributed by atoms with van der Waals surface area (Å²) in [6.07, 6.45) is 47.1. The number of hydrogen-bond acceptors (Lipinski definition) is 15. The number of aliphatic hydroxyl groups is 1. The summed E-state index contributed by atoms with van der Waals surface area (Å²) in [5.74, 6) is -0.608. The second-order valence-corrected chi connectivity index (χ2v) is 29.1. The molecule has 5 atom stereocenters. The fraction of sp³-hybridized carbons (Fsp3) is 0.943. The van der Waals surface area contributed by atoms with Crippen LogP contribution in [0.2, 0.25) is 0 Å². The summed E-state index contributed by atoms with van der Waals surface area (Å²) in [6, 6.07) is 0. The molecule has 17 nitrogen and oxygen atoms in total. The van der Waals surface area contributed by atoms with Crippen molar-refractivity contribution in [3.8, 4) is 0 Å². The van der Waals surface area contributed by atoms with E-state index in [1.807, 2.05) is 0 Å². The standard InChI is InChI=1S/C70H136O17P2/c1-7-9-11-13-15-17-18-19-20-23-29-35-41-47-53-68(73)81-59-66(87-69(74)54-48-42-36-30-24-21-22-27-32-38-44-50-62(3)4)61-85-89(78,79)83-57-64(71)56-82-88(76,77)84-60-65(58-80-67(72)52-46-40-34-16-14-12-10-8-2)86-70(75)55-49-43-37-31-26-25-28-33-39-45-51-63(5)6/h62-66,71H,7-61H2,1-6H3,(H,76,77)(H,78,79)/t64-,65+,66+/m0/s1. The van der Waals surface area contributed by atoms with E-state index < -0.39 is 97.5 Å². The molecule has 528 valence electrons. The van der Waals surface area contributed by atoms with Crippen LogP contribution in [0.15, 0.2) is 0 Å². The molecule has 2 unspecified atom stereocenters. The van der Waals surface area contributed by atoms with E-state index in [9.17, 15) is 43.2 Å². The molecule has 0 aromatic rings. The van der Waals surface area contributed by atoms with Gasteiger partial charge >= 0.3 is 39.5 Å². The number of carbonyl (C=O) groups is 4. The zero-order valence-electron chi connectivity index (χ0n) is 57.7. The largest absolute Gasteiger partial charge is 0.472 e. The highest BCUT2D eigenvalue weighted by Gasteiger charge is 2.30. The molecule has 0 aliphatic carbocycles. The van der Waals surface area contributed by atoms with Crippen LogP contribution in [0.4, 0.5) is 0 Å². The molecule has 0 amide bonds. The van der Waals surface area contributed by atoms with Crippen LogP contribution < -0.4 is 0 Å². The van der Waals surface area contributed by atoms with Gasteiger partial charge in [0.05, 0.1) is 26.4 Å². The number of phosphoric ester groups is 2. The maximum Gasteiger partial charge on any atom is 0.472 e. The Bertz CT molecular complexity index is 1730. The van der Waals surface area contributed by atoms with Crippen molar-refractivity contribution in [1.29, 1.82) is 0 Å². The molecule has 0 fully saturated rings. The molecule has 89 heavy (non-hydrogen) atoms. The van der Waals surface area contributed by atoms with Crippen LogP contribution >= 0.6 is 15.6 Å². The van der Waals surface area contributed by atoms with Crippen molar-refractivity contribution >= 4 is 39.5 Å². The van der Waals surface area contributed by atoms with Gasteiger partial charge in [-0.2, -0.15) is 0 Å². The quantitative estimate of drug-likeness (QED) is 0.0222. The van der Waals surface area contributed by atoms with E-state index in [4.69, 9.17) is 37.0 Å². The SMILES string of the molecule is CCCCCCCCCCCCCCCCC(=O)OC[C@H](COP(=O)(O)OC[C@@H](O)COP(=O)(O)OC[C@@H](COC(=O)CCCCCCCCCC)OC(=O)CCCCCCCCCCCCC(C)C)OC(=O)CCCCCCCCCCCCCC(C)C. The van der Waals surface area contributed by atoms with Gasteiger partial charge in [0.15, 0.2) is 12.2 Å². The number of carbonyl (C=O) groups excluding carboxylic acids is 4. The minimum atomic E-state index is -4.95. The third-order valence-corrected chi connectivity index (χ3v) is 18.1. The lowest BCUT2D eigenvalue weighted by molar-refractivity contribution is -0.161. The first-order valence-corrected chi connectivity index (χ1v) is 39.5. The normalized spacial score (nSPS) is 14.1. The van der Waals surface area contributed by atoms with Crippen molar-refractivity contribution < 1.29 is 80.2 Å². The van der Waals surface area contributed by atoms with Crippen molar-refractivity contribution in [2.24, 2.45) is 11.8 Å². The second-order valence-electron chi connectivity index (χ2n) is 26.2. The summed E-state index contributed by atoms with van der Waals surface area (Å²) < 4.78 is 68.2. The molecule has 0 spiro atoms. The number of unbranched alkanes of at least 4 members (excludes halogenated alkanes) is 39. The lowest BCUT2D eigenvalue weighted by Crippen LogP contribution is -2.30. The number of hydrogen-bond donors (Lipinski definition) is 3. The van der Waals surface area contributed by atoms with Crippen LogP contribution in [0.1, 0.15) is 356 Å². The van der Waals surface area contributed by atoms with Gasteiger partial charge < -0.3 is 33.8 Å². The zero-order valence-corrected chi connectivity index (χ0v) is 59.5. The minimum absolute atomic E-state index is 0.106. The van der Waals surface area contributed by atoms with E-state index >= 15 is 0 Å². The summed E-state index contributed by atoms with van der Waals surface area (Å²) in [6.45, 7) is 9.52. The number of aliphatic hydroxyl groups excluding tert-OH is 1. The maximum atomic E-state index is 13.0. The van der Waals surface area contributed by atoms with Gasteiger partial charge in [0.2, 0.25) is 0 Å². The summed E-state index contributed by atoms with van der Waals surface area (Å²) in [4.78, 5) is 72.5. The predicted molar refractivity (Wildman–Crippen MR) is 358 cm³/mol. The Morgan fingerprint density at radius 1 is 0.303 bits per heavy atom. The lowest BCUT2D eigenvalue weighted by atomic mass is 10.0. The van der Waals surface area contributed by atoms with Crippen LogP contribution in [0, 0.1) is 11.8 Å². The molecule has 3 N–H and O–H groups in total. The Labute approximate surface area is 543 Å². The van der Waals surface area contributed by atoms with Crippen LogP contribution in [-0.4, -0.2) is 96.7 Å². The number of ether oxygens (including phenoxy) is 4. The van der Waals surface area contributed by atoms with Crippen molar-refractivity contribution in [2.45, 2.75) is 374 Å². The topological polar surface area (TPSA) is 237 Å². The van der Waals surface area contributed by atoms with Gasteiger partial charge in [-0.15, -0.1) is 0 Å². The first kappa shape index (κ1) is 87.1. The molecule has 0 aliphatic rings. The first-order valence-electron chi connectivity index (χ1n) is 36.5. The summed E-state index contributed by atoms with van der Waals surface area (Å²) in [5.41, 5.74) is 0. The van der Waals surface area contributed by atoms with Crippen molar-refractivity contribution in [2.75, 3.05) is 39.6 Å². The highest BCUT2D eigenvalue weighted by molar-refractivity contribution is 7.47. The molecular formula is C70H136O17P2. The number of phosphoric acid groups is 2. The van der Waals surface area contributed by atoms with Crippen molar-refractivity contribution in [1.82, 2.24) is 0 Å². The molecule has 0 aromatic carbocycles. The highest BCUT2D eigenvalue weighted by Crippen LogP contribution is 2.45. The molecule has 0 aliphatic heterocycles. The predicted octanol–water partition coefficient (Wildman–Crippen LogP) is 20.0. The number of rotatable bonds is 69. The van der Waals surface area contributed by atoms with Gasteiger partial charge in [0.25, 0.3) is 0 Å². The molecule has 0 heterocycles. The zero-order chi connectivity index (χ0) is 65.7. The van der Waals surface area contributed by atoms with Gasteiger partial charge in [-0.05, 0) is 37.5 Å². The molecule has 0 aromatic heterocycles. The van der Waals surface area contributed by atoms with Crippen molar-refractivity contribution in [3.63, 3.8) is 0 Å². The summed E-state index contributed by atoms with van der Waals surface area (Å²) >= 11 is 0. The molecule has 0 saturated carbocycles. The first-order chi connectivity index (χ1) is 42.9. The molecule has 0 saturated heterocycles. The van der Waals surface area contributed by atoms with Gasteiger partial charge in [-0.1, -0.05) is 305 Å². The monoisotopic (exact) mass is 1310 g/mol. The second kappa shape index (κ2) is 62.2. The fourth-order valence-electron chi connectivity index (χ4n) is 10.6. The number of esters is 4. The van der Waals surface area contributed by atoms with E-state index in [0.29, 0.717) is 25.7 Å². The van der Waals surface area contributed by atoms with Gasteiger partial charge in [0, 0.05) is 25.7 Å². The average Bonchev–Trinajstić information content (AvgIpc) is 3.64. The molecule has 19 heteroatoms. The lowest BCUT2D eigenvalue weighted by Gasteiger charge is -2.21. The van der Waals surface area contributed by atoms with E-state index in [-0.39, 0.29) is 25.7 Å². The van der Waals surface area contributed by atoms with Crippen LogP contribution in [0.25, 0.3) is 0 Å². The van der Waals surface area contributed by atoms with Gasteiger partial charge in [-0.3, -0.25) is 37.3 Å². The third kappa shape index (κ3) is 64.6. The highest BCUT2D eigenvalue weighted by atomic mass is 31.2. The van der Waals surface area contributed by atoms with E-state index in [2.05, 4.69) is 41.5 Å². The Hall–Kier alpha value is -1.94. The smallest absolute Gasteiger partial charge is 0.462 e. The van der Waals surface area contributed by atoms with E-state index in [1.165, 1.54) is 167 Å². The summed E-state index contributed by atoms with van der Waals surface area (Å²) in [5, 5.41) is 10.6. The summed E-state index contributed by atoms with van der Waals surface area (Å²) in [7, 11) is -9.90. The van der Waals surface area contributed by atoms with Crippen LogP contribution in [-0.2, 0) is 65.4 Å². The molecule has 0 bridgehead atoms. The fourth-order valence-corrected chi connectivity index (χ4v) is 12.2. The minimum Gasteiger partial charge on any atom is -0.462 e. The Kier molecular flexibility index (Phi) is 60.8.